The van der Waals surface area contributed by atoms with Gasteiger partial charge in [-0.05, 0) is 24.3 Å². The van der Waals surface area contributed by atoms with Crippen molar-refractivity contribution in [3.05, 3.63) is 70.9 Å². The molecule has 1 aromatic carbocycles. The van der Waals surface area contributed by atoms with Crippen LogP contribution in [0.1, 0.15) is 22.6 Å². The molecule has 0 unspecified atom stereocenters. The van der Waals surface area contributed by atoms with Gasteiger partial charge in [0.15, 0.2) is 6.61 Å². The van der Waals surface area contributed by atoms with E-state index in [2.05, 4.69) is 22.2 Å². The third-order valence-electron chi connectivity index (χ3n) is 3.62. The van der Waals surface area contributed by atoms with Gasteiger partial charge in [0.25, 0.3) is 11.8 Å². The number of pyridine rings is 1. The maximum Gasteiger partial charge on any atom is 0.269 e. The van der Waals surface area contributed by atoms with Crippen molar-refractivity contribution in [2.45, 2.75) is 13.0 Å². The molecule has 0 aliphatic carbocycles. The van der Waals surface area contributed by atoms with Crippen molar-refractivity contribution in [2.75, 3.05) is 20.3 Å². The number of nitrogens with zero attached hydrogens (tertiary/aromatic N) is 1. The molecule has 9 heteroatoms. The van der Waals surface area contributed by atoms with E-state index in [1.54, 1.807) is 25.3 Å². The molecule has 1 aromatic heterocycles. The first kappa shape index (κ1) is 22.3. The van der Waals surface area contributed by atoms with Crippen LogP contribution in [0.5, 0.6) is 5.75 Å². The van der Waals surface area contributed by atoms with Crippen molar-refractivity contribution in [3.8, 4) is 5.75 Å². The third kappa shape index (κ3) is 7.52. The molecule has 154 valence electrons. The molecule has 0 bridgehead atoms. The smallest absolute Gasteiger partial charge is 0.269 e. The number of hydrogen-bond acceptors (Lipinski definition) is 5. The molecule has 0 saturated heterocycles. The van der Waals surface area contributed by atoms with Crippen LogP contribution in [0.25, 0.3) is 0 Å². The predicted molar refractivity (Wildman–Crippen MR) is 106 cm³/mol. The van der Waals surface area contributed by atoms with Crippen LogP contribution in [0.4, 0.5) is 4.39 Å². The van der Waals surface area contributed by atoms with Gasteiger partial charge in [-0.1, -0.05) is 24.2 Å². The number of methoxy groups -OCH3 is 1. The summed E-state index contributed by atoms with van der Waals surface area (Å²) in [4.78, 5) is 28.2. The number of aromatic nitrogens is 1. The topological polar surface area (TPSA) is 89.5 Å². The van der Waals surface area contributed by atoms with Gasteiger partial charge in [0.1, 0.15) is 17.3 Å². The molecule has 0 radical (unpaired) electrons. The van der Waals surface area contributed by atoms with Gasteiger partial charge in [-0.3, -0.25) is 9.59 Å². The fourth-order valence-corrected chi connectivity index (χ4v) is 2.38. The highest BCUT2D eigenvalue weighted by atomic mass is 35.5. The van der Waals surface area contributed by atoms with Crippen LogP contribution in [0.15, 0.2) is 48.7 Å². The Morgan fingerprint density at radius 1 is 1.28 bits per heavy atom. The number of benzene rings is 1. The van der Waals surface area contributed by atoms with Crippen molar-refractivity contribution >= 4 is 23.4 Å². The second kappa shape index (κ2) is 11.1. The maximum absolute atomic E-state index is 13.3. The van der Waals surface area contributed by atoms with Gasteiger partial charge < -0.3 is 20.1 Å². The number of rotatable bonds is 10. The Labute approximate surface area is 172 Å². The van der Waals surface area contributed by atoms with Crippen LogP contribution in [0, 0.1) is 5.82 Å². The van der Waals surface area contributed by atoms with Crippen LogP contribution < -0.4 is 15.4 Å². The van der Waals surface area contributed by atoms with Gasteiger partial charge in [-0.2, -0.15) is 0 Å². The first-order chi connectivity index (χ1) is 13.9. The Morgan fingerprint density at radius 3 is 2.79 bits per heavy atom. The third-order valence-corrected chi connectivity index (χ3v) is 3.93. The van der Waals surface area contributed by atoms with Crippen molar-refractivity contribution in [1.82, 2.24) is 15.6 Å². The quantitative estimate of drug-likeness (QED) is 0.615. The van der Waals surface area contributed by atoms with E-state index >= 15 is 0 Å². The minimum Gasteiger partial charge on any atom is -0.484 e. The fraction of sp³-hybridized carbons (Fsp3) is 0.250. The Bertz CT molecular complexity index is 892. The first-order valence-corrected chi connectivity index (χ1v) is 9.05. The fourth-order valence-electron chi connectivity index (χ4n) is 2.26. The molecular weight excluding hydrogens is 401 g/mol. The lowest BCUT2D eigenvalue weighted by atomic mass is 10.2. The van der Waals surface area contributed by atoms with Crippen LogP contribution in [-0.2, 0) is 16.1 Å². The second-order valence-corrected chi connectivity index (χ2v) is 6.38. The summed E-state index contributed by atoms with van der Waals surface area (Å²) in [6.45, 7) is 3.99. The van der Waals surface area contributed by atoms with Crippen LogP contribution in [0.3, 0.4) is 0 Å². The molecule has 0 atom stereocenters. The largest absolute Gasteiger partial charge is 0.484 e. The molecule has 7 nitrogen and oxygen atoms in total. The molecule has 2 aromatic rings. The Kier molecular flexibility index (Phi) is 8.57. The van der Waals surface area contributed by atoms with Crippen molar-refractivity contribution in [3.63, 3.8) is 0 Å². The lowest BCUT2D eigenvalue weighted by Gasteiger charge is -2.11. The van der Waals surface area contributed by atoms with Gasteiger partial charge in [-0.15, -0.1) is 0 Å². The monoisotopic (exact) mass is 421 g/mol. The molecule has 0 aliphatic heterocycles. The number of hydrogen-bond donors (Lipinski definition) is 2. The average molecular weight is 422 g/mol. The van der Waals surface area contributed by atoms with E-state index < -0.39 is 11.7 Å². The maximum atomic E-state index is 13.3. The van der Waals surface area contributed by atoms with Gasteiger partial charge in [0.2, 0.25) is 0 Å². The van der Waals surface area contributed by atoms with E-state index in [4.69, 9.17) is 21.1 Å². The zero-order valence-electron chi connectivity index (χ0n) is 15.8. The Hall–Kier alpha value is -2.97. The summed E-state index contributed by atoms with van der Waals surface area (Å²) in [5.74, 6) is -1.24. The number of carbonyl (C=O) groups is 2. The van der Waals surface area contributed by atoms with Crippen molar-refractivity contribution in [2.24, 2.45) is 0 Å². The lowest BCUT2D eigenvalue weighted by Crippen LogP contribution is -2.31. The van der Waals surface area contributed by atoms with Crippen LogP contribution in [-0.4, -0.2) is 37.1 Å². The molecule has 0 aliphatic rings. The summed E-state index contributed by atoms with van der Waals surface area (Å²) in [6, 6.07) is 8.97. The summed E-state index contributed by atoms with van der Waals surface area (Å²) in [7, 11) is 1.55. The van der Waals surface area contributed by atoms with E-state index in [-0.39, 0.29) is 35.5 Å². The summed E-state index contributed by atoms with van der Waals surface area (Å²) >= 11 is 5.58. The number of amides is 2. The molecule has 2 rings (SSSR count). The minimum absolute atomic E-state index is 0.0298. The predicted octanol–water partition coefficient (Wildman–Crippen LogP) is 2.85. The van der Waals surface area contributed by atoms with Gasteiger partial charge in [0.05, 0.1) is 17.3 Å². The van der Waals surface area contributed by atoms with E-state index in [9.17, 15) is 14.0 Å². The Morgan fingerprint density at radius 2 is 2.07 bits per heavy atom. The number of nitrogens with one attached hydrogen (secondary N) is 2. The number of ether oxygens (including phenoxy) is 2. The van der Waals surface area contributed by atoms with Crippen molar-refractivity contribution in [1.29, 1.82) is 0 Å². The zero-order valence-corrected chi connectivity index (χ0v) is 16.6. The van der Waals surface area contributed by atoms with Crippen LogP contribution in [0.2, 0.25) is 5.02 Å². The van der Waals surface area contributed by atoms with Gasteiger partial charge in [0, 0.05) is 31.8 Å². The molecule has 2 N–H and O–H groups in total. The highest BCUT2D eigenvalue weighted by molar-refractivity contribution is 6.30. The highest BCUT2D eigenvalue weighted by Crippen LogP contribution is 2.20. The van der Waals surface area contributed by atoms with Gasteiger partial charge >= 0.3 is 0 Å². The summed E-state index contributed by atoms with van der Waals surface area (Å²) < 4.78 is 23.5. The minimum atomic E-state index is -0.632. The average Bonchev–Trinajstić information content (AvgIpc) is 2.69. The standard InChI is InChI=1S/C20H21ClFN3O4/c1-13(24-19(26)12-29-15-6-7-16(21)17(22)10-15)8-9-23-20(27)18-5-3-4-14(25-18)11-28-2/h3-7,10H,1,8-9,11-12H2,2H3,(H,23,27)(H,24,26). The lowest BCUT2D eigenvalue weighted by molar-refractivity contribution is -0.122. The molecular formula is C20H21ClFN3O4. The van der Waals surface area contributed by atoms with E-state index in [1.165, 1.54) is 12.1 Å². The van der Waals surface area contributed by atoms with Crippen LogP contribution >= 0.6 is 11.6 Å². The summed E-state index contributed by atoms with van der Waals surface area (Å²) in [5.41, 5.74) is 1.33. The molecule has 2 amide bonds. The van der Waals surface area contributed by atoms with Gasteiger partial charge in [-0.25, -0.2) is 9.37 Å². The first-order valence-electron chi connectivity index (χ1n) is 8.67. The number of carbonyl (C=O) groups excluding carboxylic acids is 2. The Balaban J connectivity index is 1.70. The zero-order chi connectivity index (χ0) is 21.2. The highest BCUT2D eigenvalue weighted by Gasteiger charge is 2.09. The van der Waals surface area contributed by atoms with E-state index in [0.717, 1.165) is 6.07 Å². The molecule has 0 saturated carbocycles. The summed E-state index contributed by atoms with van der Waals surface area (Å²) in [5, 5.41) is 5.23. The van der Waals surface area contributed by atoms with E-state index in [1.807, 2.05) is 0 Å². The van der Waals surface area contributed by atoms with Crippen molar-refractivity contribution < 1.29 is 23.5 Å². The molecule has 0 fully saturated rings. The second-order valence-electron chi connectivity index (χ2n) is 5.97. The van der Waals surface area contributed by atoms with E-state index in [0.29, 0.717) is 24.4 Å². The molecule has 0 spiro atoms. The summed E-state index contributed by atoms with van der Waals surface area (Å²) in [6.07, 6.45) is 0.324. The molecule has 29 heavy (non-hydrogen) atoms. The SMILES string of the molecule is C=C(CCNC(=O)c1cccc(COC)n1)NC(=O)COc1ccc(Cl)c(F)c1. The molecule has 1 heterocycles. The normalized spacial score (nSPS) is 10.3. The number of halogens is 2.